The van der Waals surface area contributed by atoms with Gasteiger partial charge in [-0.05, 0) is 48.4 Å². The molecule has 3 aromatic rings. The third-order valence-electron chi connectivity index (χ3n) is 4.06. The Balaban J connectivity index is 1.54. The summed E-state index contributed by atoms with van der Waals surface area (Å²) in [4.78, 5) is 16.4. The number of hydrogen-bond acceptors (Lipinski definition) is 4. The first-order valence-corrected chi connectivity index (χ1v) is 8.64. The van der Waals surface area contributed by atoms with Crippen molar-refractivity contribution < 1.29 is 18.3 Å². The van der Waals surface area contributed by atoms with Crippen LogP contribution in [0.3, 0.4) is 0 Å². The molecular formula is C21H19F2N3O2. The van der Waals surface area contributed by atoms with Gasteiger partial charge >= 0.3 is 0 Å². The van der Waals surface area contributed by atoms with E-state index in [1.807, 2.05) is 24.3 Å². The summed E-state index contributed by atoms with van der Waals surface area (Å²) < 4.78 is 31.8. The molecule has 0 unspecified atom stereocenters. The number of carbonyl (C=O) groups is 1. The number of anilines is 2. The molecule has 0 spiro atoms. The largest absolute Gasteiger partial charge is 0.497 e. The number of amides is 1. The van der Waals surface area contributed by atoms with E-state index in [9.17, 15) is 13.6 Å². The molecule has 0 aliphatic carbocycles. The Hall–Kier alpha value is -3.48. The zero-order valence-corrected chi connectivity index (χ0v) is 15.2. The maximum Gasteiger partial charge on any atom is 0.257 e. The van der Waals surface area contributed by atoms with Crippen molar-refractivity contribution in [3.8, 4) is 5.75 Å². The van der Waals surface area contributed by atoms with Gasteiger partial charge in [0, 0.05) is 18.8 Å². The average Bonchev–Trinajstić information content (AvgIpc) is 2.71. The van der Waals surface area contributed by atoms with Crippen LogP contribution in [0.15, 0.2) is 60.8 Å². The highest BCUT2D eigenvalue weighted by Gasteiger charge is 2.10. The summed E-state index contributed by atoms with van der Waals surface area (Å²) in [6.45, 7) is 0.659. The second-order valence-corrected chi connectivity index (χ2v) is 6.04. The highest BCUT2D eigenvalue weighted by atomic mass is 19.1. The van der Waals surface area contributed by atoms with Gasteiger partial charge in [-0.3, -0.25) is 4.79 Å². The van der Waals surface area contributed by atoms with Gasteiger partial charge in [-0.2, -0.15) is 0 Å². The minimum absolute atomic E-state index is 0.0908. The van der Waals surface area contributed by atoms with Crippen LogP contribution in [-0.4, -0.2) is 24.5 Å². The topological polar surface area (TPSA) is 63.2 Å². The number of ether oxygens (including phenoxy) is 1. The molecule has 144 valence electrons. The van der Waals surface area contributed by atoms with Gasteiger partial charge in [0.1, 0.15) is 23.2 Å². The SMILES string of the molecule is COc1cccc(CCNc2ccc(C(=O)Nc3ccc(F)cc3F)cn2)c1. The molecule has 0 fully saturated rings. The number of hydrogen-bond donors (Lipinski definition) is 2. The fourth-order valence-electron chi connectivity index (χ4n) is 2.58. The van der Waals surface area contributed by atoms with Gasteiger partial charge < -0.3 is 15.4 Å². The fraction of sp³-hybridized carbons (Fsp3) is 0.143. The van der Waals surface area contributed by atoms with Crippen molar-refractivity contribution in [2.24, 2.45) is 0 Å². The third kappa shape index (κ3) is 5.03. The zero-order chi connectivity index (χ0) is 19.9. The predicted octanol–water partition coefficient (Wildman–Crippen LogP) is 4.28. The molecule has 0 saturated carbocycles. The van der Waals surface area contributed by atoms with Crippen LogP contribution in [0.2, 0.25) is 0 Å². The van der Waals surface area contributed by atoms with Gasteiger partial charge in [-0.1, -0.05) is 12.1 Å². The molecule has 0 aliphatic heterocycles. The van der Waals surface area contributed by atoms with E-state index < -0.39 is 17.5 Å². The van der Waals surface area contributed by atoms with E-state index in [0.29, 0.717) is 18.4 Å². The average molecular weight is 383 g/mol. The van der Waals surface area contributed by atoms with Gasteiger partial charge in [0.2, 0.25) is 0 Å². The molecule has 1 amide bonds. The lowest BCUT2D eigenvalue weighted by atomic mass is 10.1. The first kappa shape index (κ1) is 19.3. The first-order chi connectivity index (χ1) is 13.5. The van der Waals surface area contributed by atoms with E-state index in [1.165, 1.54) is 12.3 Å². The molecule has 0 radical (unpaired) electrons. The van der Waals surface area contributed by atoms with Gasteiger partial charge in [0.15, 0.2) is 0 Å². The zero-order valence-electron chi connectivity index (χ0n) is 15.2. The molecule has 0 bridgehead atoms. The van der Waals surface area contributed by atoms with Crippen molar-refractivity contribution in [3.05, 3.63) is 83.6 Å². The molecule has 1 aromatic heterocycles. The van der Waals surface area contributed by atoms with Crippen LogP contribution in [-0.2, 0) is 6.42 Å². The Morgan fingerprint density at radius 3 is 2.68 bits per heavy atom. The first-order valence-electron chi connectivity index (χ1n) is 8.64. The highest BCUT2D eigenvalue weighted by Crippen LogP contribution is 2.17. The highest BCUT2D eigenvalue weighted by molar-refractivity contribution is 6.04. The summed E-state index contributed by atoms with van der Waals surface area (Å²) in [5.74, 6) is -0.643. The Bertz CT molecular complexity index is 962. The predicted molar refractivity (Wildman–Crippen MR) is 104 cm³/mol. The monoisotopic (exact) mass is 383 g/mol. The summed E-state index contributed by atoms with van der Waals surface area (Å²) in [6.07, 6.45) is 2.18. The number of rotatable bonds is 7. The Kier molecular flexibility index (Phi) is 6.16. The van der Waals surface area contributed by atoms with Crippen molar-refractivity contribution in [1.82, 2.24) is 4.98 Å². The van der Waals surface area contributed by atoms with Crippen LogP contribution in [0.1, 0.15) is 15.9 Å². The molecule has 1 heterocycles. The lowest BCUT2D eigenvalue weighted by molar-refractivity contribution is 0.102. The maximum absolute atomic E-state index is 13.6. The summed E-state index contributed by atoms with van der Waals surface area (Å²) in [5.41, 5.74) is 1.30. The third-order valence-corrected chi connectivity index (χ3v) is 4.06. The quantitative estimate of drug-likeness (QED) is 0.639. The molecule has 7 heteroatoms. The molecule has 2 N–H and O–H groups in total. The Labute approximate surface area is 161 Å². The van der Waals surface area contributed by atoms with E-state index in [-0.39, 0.29) is 11.3 Å². The van der Waals surface area contributed by atoms with Crippen LogP contribution in [0.4, 0.5) is 20.3 Å². The number of aromatic nitrogens is 1. The minimum Gasteiger partial charge on any atom is -0.497 e. The van der Waals surface area contributed by atoms with Gasteiger partial charge in [0.05, 0.1) is 18.4 Å². The molecule has 5 nitrogen and oxygen atoms in total. The molecule has 28 heavy (non-hydrogen) atoms. The van der Waals surface area contributed by atoms with Crippen molar-refractivity contribution >= 4 is 17.4 Å². The molecule has 3 rings (SSSR count). The van der Waals surface area contributed by atoms with E-state index in [2.05, 4.69) is 15.6 Å². The van der Waals surface area contributed by atoms with Crippen molar-refractivity contribution in [3.63, 3.8) is 0 Å². The number of halogens is 2. The van der Waals surface area contributed by atoms with E-state index >= 15 is 0 Å². The molecule has 2 aromatic carbocycles. The van der Waals surface area contributed by atoms with Crippen LogP contribution in [0.5, 0.6) is 5.75 Å². The number of methoxy groups -OCH3 is 1. The van der Waals surface area contributed by atoms with Gasteiger partial charge in [0.25, 0.3) is 5.91 Å². The molecular weight excluding hydrogens is 364 g/mol. The molecule has 0 aliphatic rings. The Morgan fingerprint density at radius 2 is 1.96 bits per heavy atom. The van der Waals surface area contributed by atoms with Gasteiger partial charge in [-0.15, -0.1) is 0 Å². The lowest BCUT2D eigenvalue weighted by Crippen LogP contribution is -2.14. The smallest absolute Gasteiger partial charge is 0.257 e. The van der Waals surface area contributed by atoms with E-state index in [1.54, 1.807) is 19.2 Å². The number of carbonyl (C=O) groups excluding carboxylic acids is 1. The second kappa shape index (κ2) is 8.94. The van der Waals surface area contributed by atoms with Crippen LogP contribution < -0.4 is 15.4 Å². The van der Waals surface area contributed by atoms with Crippen LogP contribution in [0.25, 0.3) is 0 Å². The normalized spacial score (nSPS) is 10.4. The van der Waals surface area contributed by atoms with Crippen molar-refractivity contribution in [1.29, 1.82) is 0 Å². The number of nitrogens with zero attached hydrogens (tertiary/aromatic N) is 1. The molecule has 0 saturated heterocycles. The summed E-state index contributed by atoms with van der Waals surface area (Å²) >= 11 is 0. The summed E-state index contributed by atoms with van der Waals surface area (Å²) in [5, 5.41) is 5.57. The number of pyridine rings is 1. The van der Waals surface area contributed by atoms with Crippen LogP contribution >= 0.6 is 0 Å². The lowest BCUT2D eigenvalue weighted by Gasteiger charge is -2.09. The minimum atomic E-state index is -0.836. The Morgan fingerprint density at radius 1 is 1.11 bits per heavy atom. The second-order valence-electron chi connectivity index (χ2n) is 6.04. The van der Waals surface area contributed by atoms with E-state index in [0.717, 1.165) is 23.8 Å². The van der Waals surface area contributed by atoms with Crippen molar-refractivity contribution in [2.45, 2.75) is 6.42 Å². The van der Waals surface area contributed by atoms with E-state index in [4.69, 9.17) is 4.74 Å². The summed E-state index contributed by atoms with van der Waals surface area (Å²) in [7, 11) is 1.63. The summed E-state index contributed by atoms with van der Waals surface area (Å²) in [6, 6.07) is 14.0. The molecule has 0 atom stereocenters. The van der Waals surface area contributed by atoms with Crippen molar-refractivity contribution in [2.75, 3.05) is 24.3 Å². The van der Waals surface area contributed by atoms with Crippen LogP contribution in [0, 0.1) is 11.6 Å². The number of nitrogens with one attached hydrogen (secondary N) is 2. The van der Waals surface area contributed by atoms with Gasteiger partial charge in [-0.25, -0.2) is 13.8 Å². The fourth-order valence-corrected chi connectivity index (χ4v) is 2.58. The number of benzene rings is 2. The maximum atomic E-state index is 13.6. The standard InChI is InChI=1S/C21H19F2N3O2/c1-28-17-4-2-3-14(11-17)9-10-24-20-8-5-15(13-25-20)21(27)26-19-7-6-16(22)12-18(19)23/h2-8,11-13H,9-10H2,1H3,(H,24,25)(H,26,27).